The standard InChI is InChI=1S/C19H20N2O.ClH/c1-14(2)13-21-18-7-5-4-6-17(18)20-19(21)12-15-8-10-16(22-3)11-9-15;/h4-11H,1,12-13H2,2-3H3;1H. The number of ether oxygens (including phenoxy) is 1. The van der Waals surface area contributed by atoms with Crippen molar-refractivity contribution in [3.05, 3.63) is 72.1 Å². The van der Waals surface area contributed by atoms with E-state index in [0.29, 0.717) is 0 Å². The zero-order valence-corrected chi connectivity index (χ0v) is 14.3. The van der Waals surface area contributed by atoms with E-state index < -0.39 is 0 Å². The average Bonchev–Trinajstić information content (AvgIpc) is 2.85. The quantitative estimate of drug-likeness (QED) is 0.638. The van der Waals surface area contributed by atoms with Crippen molar-refractivity contribution in [3.63, 3.8) is 0 Å². The molecule has 0 N–H and O–H groups in total. The number of halogens is 1. The minimum atomic E-state index is 0. The van der Waals surface area contributed by atoms with E-state index in [1.165, 1.54) is 5.56 Å². The number of benzene rings is 2. The molecule has 1 aromatic heterocycles. The molecule has 0 saturated heterocycles. The van der Waals surface area contributed by atoms with Crippen LogP contribution in [0.3, 0.4) is 0 Å². The second-order valence-electron chi connectivity index (χ2n) is 5.58. The summed E-state index contributed by atoms with van der Waals surface area (Å²) in [6.07, 6.45) is 0.798. The molecule has 0 saturated carbocycles. The van der Waals surface area contributed by atoms with Crippen LogP contribution in [0.25, 0.3) is 11.0 Å². The Bertz CT molecular complexity index is 806. The summed E-state index contributed by atoms with van der Waals surface area (Å²) in [7, 11) is 1.68. The van der Waals surface area contributed by atoms with Crippen molar-refractivity contribution in [1.29, 1.82) is 0 Å². The van der Waals surface area contributed by atoms with E-state index >= 15 is 0 Å². The number of fused-ring (bicyclic) bond motifs is 1. The highest BCUT2D eigenvalue weighted by Gasteiger charge is 2.11. The summed E-state index contributed by atoms with van der Waals surface area (Å²) < 4.78 is 7.46. The molecule has 3 aromatic rings. The maximum absolute atomic E-state index is 5.21. The van der Waals surface area contributed by atoms with Gasteiger partial charge in [-0.05, 0) is 36.8 Å². The number of para-hydroxylation sites is 2. The van der Waals surface area contributed by atoms with Gasteiger partial charge in [0.1, 0.15) is 11.6 Å². The molecule has 0 aliphatic rings. The second kappa shape index (κ2) is 7.34. The summed E-state index contributed by atoms with van der Waals surface area (Å²) in [5.41, 5.74) is 4.54. The second-order valence-corrected chi connectivity index (χ2v) is 5.58. The van der Waals surface area contributed by atoms with Crippen molar-refractivity contribution in [3.8, 4) is 5.75 Å². The van der Waals surface area contributed by atoms with Crippen LogP contribution in [0.15, 0.2) is 60.7 Å². The predicted molar refractivity (Wildman–Crippen MR) is 97.6 cm³/mol. The molecule has 0 bridgehead atoms. The van der Waals surface area contributed by atoms with Crippen LogP contribution >= 0.6 is 12.4 Å². The van der Waals surface area contributed by atoms with Crippen LogP contribution in [0.2, 0.25) is 0 Å². The molecule has 3 nitrogen and oxygen atoms in total. The van der Waals surface area contributed by atoms with Crippen LogP contribution in [0.1, 0.15) is 18.3 Å². The van der Waals surface area contributed by atoms with Crippen LogP contribution < -0.4 is 4.74 Å². The maximum Gasteiger partial charge on any atom is 0.118 e. The fourth-order valence-electron chi connectivity index (χ4n) is 2.63. The number of allylic oxidation sites excluding steroid dienone is 1. The lowest BCUT2D eigenvalue weighted by atomic mass is 10.1. The minimum absolute atomic E-state index is 0. The summed E-state index contributed by atoms with van der Waals surface area (Å²) in [6.45, 7) is 6.89. The molecular formula is C19H21ClN2O. The van der Waals surface area contributed by atoms with Gasteiger partial charge < -0.3 is 9.30 Å². The third-order valence-electron chi connectivity index (χ3n) is 3.68. The Morgan fingerprint density at radius 2 is 1.83 bits per heavy atom. The van der Waals surface area contributed by atoms with Gasteiger partial charge in [-0.2, -0.15) is 0 Å². The van der Waals surface area contributed by atoms with E-state index in [9.17, 15) is 0 Å². The fourth-order valence-corrected chi connectivity index (χ4v) is 2.63. The van der Waals surface area contributed by atoms with Crippen molar-refractivity contribution in [2.75, 3.05) is 7.11 Å². The van der Waals surface area contributed by atoms with Gasteiger partial charge >= 0.3 is 0 Å². The molecule has 0 spiro atoms. The van der Waals surface area contributed by atoms with Crippen molar-refractivity contribution in [2.45, 2.75) is 19.9 Å². The van der Waals surface area contributed by atoms with E-state index in [0.717, 1.165) is 41.1 Å². The molecule has 120 valence electrons. The minimum Gasteiger partial charge on any atom is -0.497 e. The highest BCUT2D eigenvalue weighted by Crippen LogP contribution is 2.20. The predicted octanol–water partition coefficient (Wildman–Crippen LogP) is 4.63. The van der Waals surface area contributed by atoms with Crippen molar-refractivity contribution in [1.82, 2.24) is 9.55 Å². The van der Waals surface area contributed by atoms with Crippen LogP contribution in [0, 0.1) is 0 Å². The molecule has 0 aliphatic heterocycles. The van der Waals surface area contributed by atoms with Gasteiger partial charge in [-0.25, -0.2) is 4.98 Å². The Morgan fingerprint density at radius 3 is 2.48 bits per heavy atom. The summed E-state index contributed by atoms with van der Waals surface area (Å²) in [6, 6.07) is 16.4. The number of methoxy groups -OCH3 is 1. The number of imidazole rings is 1. The molecule has 0 amide bonds. The molecule has 23 heavy (non-hydrogen) atoms. The average molecular weight is 329 g/mol. The Kier molecular flexibility index (Phi) is 5.45. The van der Waals surface area contributed by atoms with E-state index in [1.54, 1.807) is 7.11 Å². The summed E-state index contributed by atoms with van der Waals surface area (Å²) in [5, 5.41) is 0. The maximum atomic E-state index is 5.21. The Morgan fingerprint density at radius 1 is 1.13 bits per heavy atom. The summed E-state index contributed by atoms with van der Waals surface area (Å²) in [4.78, 5) is 4.79. The molecule has 3 rings (SSSR count). The first-order valence-electron chi connectivity index (χ1n) is 7.39. The first-order valence-corrected chi connectivity index (χ1v) is 7.39. The monoisotopic (exact) mass is 328 g/mol. The van der Waals surface area contributed by atoms with Gasteiger partial charge in [0.05, 0.1) is 18.1 Å². The number of rotatable bonds is 5. The summed E-state index contributed by atoms with van der Waals surface area (Å²) >= 11 is 0. The van der Waals surface area contributed by atoms with Gasteiger partial charge in [0.25, 0.3) is 0 Å². The lowest BCUT2D eigenvalue weighted by molar-refractivity contribution is 0.414. The van der Waals surface area contributed by atoms with Crippen molar-refractivity contribution < 1.29 is 4.74 Å². The number of nitrogens with zero attached hydrogens (tertiary/aromatic N) is 2. The van der Waals surface area contributed by atoms with Gasteiger partial charge in [-0.1, -0.05) is 36.4 Å². The van der Waals surface area contributed by atoms with Crippen LogP contribution in [0.4, 0.5) is 0 Å². The van der Waals surface area contributed by atoms with E-state index in [2.05, 4.69) is 41.5 Å². The SMILES string of the molecule is C=C(C)Cn1c(Cc2ccc(OC)cc2)nc2ccccc21.Cl. The lowest BCUT2D eigenvalue weighted by Gasteiger charge is -2.09. The molecule has 0 fully saturated rings. The smallest absolute Gasteiger partial charge is 0.118 e. The van der Waals surface area contributed by atoms with E-state index in [-0.39, 0.29) is 12.4 Å². The zero-order chi connectivity index (χ0) is 15.5. The van der Waals surface area contributed by atoms with Gasteiger partial charge in [0, 0.05) is 13.0 Å². The van der Waals surface area contributed by atoms with Crippen LogP contribution in [-0.4, -0.2) is 16.7 Å². The lowest BCUT2D eigenvalue weighted by Crippen LogP contribution is -2.05. The van der Waals surface area contributed by atoms with Gasteiger partial charge in [0.15, 0.2) is 0 Å². The van der Waals surface area contributed by atoms with Gasteiger partial charge in [-0.3, -0.25) is 0 Å². The Hall–Kier alpha value is -2.26. The van der Waals surface area contributed by atoms with Crippen LogP contribution in [-0.2, 0) is 13.0 Å². The van der Waals surface area contributed by atoms with Crippen LogP contribution in [0.5, 0.6) is 5.75 Å². The normalized spacial score (nSPS) is 10.3. The first-order chi connectivity index (χ1) is 10.7. The molecule has 0 radical (unpaired) electrons. The Labute approximate surface area is 143 Å². The molecule has 0 aliphatic carbocycles. The van der Waals surface area contributed by atoms with E-state index in [4.69, 9.17) is 9.72 Å². The highest BCUT2D eigenvalue weighted by atomic mass is 35.5. The third kappa shape index (κ3) is 3.74. The number of hydrogen-bond acceptors (Lipinski definition) is 2. The highest BCUT2D eigenvalue weighted by molar-refractivity contribution is 5.85. The first kappa shape index (κ1) is 17.1. The van der Waals surface area contributed by atoms with E-state index in [1.807, 2.05) is 25.1 Å². The molecule has 0 unspecified atom stereocenters. The molecule has 2 aromatic carbocycles. The van der Waals surface area contributed by atoms with Crippen molar-refractivity contribution in [2.24, 2.45) is 0 Å². The molecular weight excluding hydrogens is 308 g/mol. The molecule has 0 atom stereocenters. The summed E-state index contributed by atoms with van der Waals surface area (Å²) in [5.74, 6) is 1.94. The molecule has 1 heterocycles. The zero-order valence-electron chi connectivity index (χ0n) is 13.5. The number of hydrogen-bond donors (Lipinski definition) is 0. The molecule has 4 heteroatoms. The van der Waals surface area contributed by atoms with Gasteiger partial charge in [-0.15, -0.1) is 12.4 Å². The third-order valence-corrected chi connectivity index (χ3v) is 3.68. The topological polar surface area (TPSA) is 27.1 Å². The van der Waals surface area contributed by atoms with Crippen molar-refractivity contribution >= 4 is 23.4 Å². The fraction of sp³-hybridized carbons (Fsp3) is 0.211. The largest absolute Gasteiger partial charge is 0.497 e. The Balaban J connectivity index is 0.00000192. The van der Waals surface area contributed by atoms with Gasteiger partial charge in [0.2, 0.25) is 0 Å². The number of aromatic nitrogens is 2.